The number of nitrogens with zero attached hydrogens (tertiary/aromatic N) is 2. The Morgan fingerprint density at radius 2 is 1.83 bits per heavy atom. The number of rotatable bonds is 13. The van der Waals surface area contributed by atoms with Crippen LogP contribution in [0.4, 0.5) is 0 Å². The molecule has 1 fully saturated rings. The highest BCUT2D eigenvalue weighted by Crippen LogP contribution is 2.38. The van der Waals surface area contributed by atoms with E-state index in [1.54, 1.807) is 6.92 Å². The summed E-state index contributed by atoms with van der Waals surface area (Å²) in [5.41, 5.74) is 1.73. The third-order valence-corrected chi connectivity index (χ3v) is 8.57. The van der Waals surface area contributed by atoms with Crippen LogP contribution in [0.5, 0.6) is 5.75 Å². The molecule has 14 heteroatoms. The number of ether oxygens (including phenoxy) is 4. The van der Waals surface area contributed by atoms with E-state index in [2.05, 4.69) is 9.88 Å². The molecule has 2 heterocycles. The van der Waals surface area contributed by atoms with Gasteiger partial charge in [0.2, 0.25) is 0 Å². The fraction of sp³-hybridized carbons (Fsp3) is 0.545. The number of amides is 1. The smallest absolute Gasteiger partial charge is 0.306 e. The summed E-state index contributed by atoms with van der Waals surface area (Å²) >= 11 is 13.3. The summed E-state index contributed by atoms with van der Waals surface area (Å²) in [6.07, 6.45) is -2.45. The van der Waals surface area contributed by atoms with Crippen LogP contribution in [0.1, 0.15) is 68.2 Å². The van der Waals surface area contributed by atoms with E-state index in [0.29, 0.717) is 30.8 Å². The molecule has 0 saturated carbocycles. The first kappa shape index (κ1) is 36.9. The second-order valence-corrected chi connectivity index (χ2v) is 13.3. The molecule has 3 aromatic rings. The van der Waals surface area contributed by atoms with Crippen LogP contribution in [0.15, 0.2) is 30.3 Å². The van der Waals surface area contributed by atoms with Crippen molar-refractivity contribution in [2.24, 2.45) is 0 Å². The molecule has 1 aliphatic heterocycles. The van der Waals surface area contributed by atoms with Gasteiger partial charge in [0.15, 0.2) is 12.0 Å². The number of halogens is 2. The quantitative estimate of drug-likeness (QED) is 0.150. The number of carbonyl (C=O) groups excluding carboxylic acids is 2. The predicted octanol–water partition coefficient (Wildman–Crippen LogP) is 4.32. The molecule has 1 amide bonds. The lowest BCUT2D eigenvalue weighted by Crippen LogP contribution is -2.64. The highest BCUT2D eigenvalue weighted by molar-refractivity contribution is 6.38. The number of imidazole rings is 1. The van der Waals surface area contributed by atoms with E-state index in [1.807, 2.05) is 45.0 Å². The van der Waals surface area contributed by atoms with Crippen molar-refractivity contribution in [1.29, 1.82) is 0 Å². The molecule has 2 aromatic carbocycles. The number of methoxy groups -OCH3 is 1. The molecule has 12 nitrogen and oxygen atoms in total. The molecule has 0 spiro atoms. The fourth-order valence-electron chi connectivity index (χ4n) is 5.46. The van der Waals surface area contributed by atoms with Gasteiger partial charge in [0.1, 0.15) is 42.4 Å². The number of aromatic nitrogens is 2. The van der Waals surface area contributed by atoms with E-state index < -0.39 is 48.8 Å². The van der Waals surface area contributed by atoms with Gasteiger partial charge >= 0.3 is 5.97 Å². The summed E-state index contributed by atoms with van der Waals surface area (Å²) in [5.74, 6) is -0.0189. The fourth-order valence-corrected chi connectivity index (χ4v) is 6.02. The lowest BCUT2D eigenvalue weighted by molar-refractivity contribution is -0.261. The zero-order valence-electron chi connectivity index (χ0n) is 27.2. The van der Waals surface area contributed by atoms with Gasteiger partial charge in [0.05, 0.1) is 27.7 Å². The first-order valence-corrected chi connectivity index (χ1v) is 16.2. The van der Waals surface area contributed by atoms with Crippen LogP contribution in [0, 0.1) is 6.92 Å². The summed E-state index contributed by atoms with van der Waals surface area (Å²) in [4.78, 5) is 30.1. The van der Waals surface area contributed by atoms with Crippen LogP contribution in [0.2, 0.25) is 10.0 Å². The molecule has 1 aromatic heterocycles. The van der Waals surface area contributed by atoms with Gasteiger partial charge < -0.3 is 44.2 Å². The molecule has 0 bridgehead atoms. The minimum atomic E-state index is -1.48. The number of nitrogens with one attached hydrogen (secondary N) is 1. The van der Waals surface area contributed by atoms with E-state index in [-0.39, 0.29) is 33.9 Å². The number of aliphatic hydroxyl groups is 3. The standard InChI is InChI=1S/C33H43Cl2N3O9/c1-18-19(31(43)37-27-29(42)28(41)23(16-39)46-32(27)44-5)15-20(34)30(26(18)35)45-17-24-36-21-11-8-9-12-22(21)38(24)14-10-6-7-13-25(40)47-33(2,3)4/h8-9,11-12,15,23,27-29,32,39,41-42H,6-7,10,13-14,16-17H2,1-5H3,(H,37,43)/t23-,27-,28-,29-,32+/m1/s1. The van der Waals surface area contributed by atoms with Crippen molar-refractivity contribution in [3.05, 3.63) is 57.3 Å². The van der Waals surface area contributed by atoms with Gasteiger partial charge in [-0.15, -0.1) is 0 Å². The molecule has 1 aliphatic rings. The van der Waals surface area contributed by atoms with E-state index >= 15 is 0 Å². The van der Waals surface area contributed by atoms with Gasteiger partial charge in [-0.25, -0.2) is 4.98 Å². The molecule has 0 aliphatic carbocycles. The maximum atomic E-state index is 13.3. The Kier molecular flexibility index (Phi) is 12.5. The highest BCUT2D eigenvalue weighted by atomic mass is 35.5. The van der Waals surface area contributed by atoms with Gasteiger partial charge in [-0.3, -0.25) is 9.59 Å². The number of carbonyl (C=O) groups is 2. The first-order chi connectivity index (χ1) is 22.2. The molecule has 4 rings (SSSR count). The van der Waals surface area contributed by atoms with Gasteiger partial charge in [-0.1, -0.05) is 41.8 Å². The summed E-state index contributed by atoms with van der Waals surface area (Å²) in [7, 11) is 1.31. The highest BCUT2D eigenvalue weighted by Gasteiger charge is 2.45. The SMILES string of the molecule is CO[C@H]1O[C@H](CO)[C@@H](O)[C@H](O)[C@H]1NC(=O)c1cc(Cl)c(OCc2nc3ccccc3n2CCCCCC(=O)OC(C)(C)C)c(Cl)c1C. The van der Waals surface area contributed by atoms with Crippen LogP contribution in [0.25, 0.3) is 11.0 Å². The Morgan fingerprint density at radius 3 is 2.51 bits per heavy atom. The molecule has 0 unspecified atom stereocenters. The number of unbranched alkanes of at least 4 members (excludes halogenated alkanes) is 2. The van der Waals surface area contributed by atoms with Crippen molar-refractivity contribution in [1.82, 2.24) is 14.9 Å². The van der Waals surface area contributed by atoms with E-state index in [4.69, 9.17) is 47.1 Å². The molecule has 258 valence electrons. The maximum Gasteiger partial charge on any atom is 0.306 e. The van der Waals surface area contributed by atoms with E-state index in [1.165, 1.54) is 13.2 Å². The van der Waals surface area contributed by atoms with Crippen molar-refractivity contribution < 1.29 is 43.9 Å². The summed E-state index contributed by atoms with van der Waals surface area (Å²) in [6.45, 7) is 7.34. The number of hydrogen-bond donors (Lipinski definition) is 4. The molecule has 4 N–H and O–H groups in total. The second-order valence-electron chi connectivity index (χ2n) is 12.5. The lowest BCUT2D eigenvalue weighted by atomic mass is 9.96. The van der Waals surface area contributed by atoms with Crippen LogP contribution in [0.3, 0.4) is 0 Å². The molecule has 47 heavy (non-hydrogen) atoms. The van der Waals surface area contributed by atoms with Crippen LogP contribution < -0.4 is 10.1 Å². The normalized spacial score (nSPS) is 21.5. The minimum absolute atomic E-state index is 0.0437. The topological polar surface area (TPSA) is 162 Å². The van der Waals surface area contributed by atoms with Gasteiger partial charge in [-0.2, -0.15) is 0 Å². The Balaban J connectivity index is 1.45. The van der Waals surface area contributed by atoms with Crippen LogP contribution in [-0.4, -0.2) is 86.7 Å². The van der Waals surface area contributed by atoms with Crippen LogP contribution >= 0.6 is 23.2 Å². The molecule has 5 atom stereocenters. The Morgan fingerprint density at radius 1 is 1.11 bits per heavy atom. The molecular formula is C33H43Cl2N3O9. The zero-order valence-corrected chi connectivity index (χ0v) is 28.7. The summed E-state index contributed by atoms with van der Waals surface area (Å²) in [6, 6.07) is 8.00. The number of esters is 1. The summed E-state index contributed by atoms with van der Waals surface area (Å²) < 4.78 is 24.3. The average molecular weight is 697 g/mol. The van der Waals surface area contributed by atoms with Gasteiger partial charge in [0.25, 0.3) is 5.91 Å². The van der Waals surface area contributed by atoms with Crippen LogP contribution in [-0.2, 0) is 32.2 Å². The van der Waals surface area contributed by atoms with Gasteiger partial charge in [0, 0.05) is 25.6 Å². The van der Waals surface area contributed by atoms with Crippen molar-refractivity contribution in [3.63, 3.8) is 0 Å². The summed E-state index contributed by atoms with van der Waals surface area (Å²) in [5, 5.41) is 33.2. The number of aryl methyl sites for hydroxylation is 1. The number of para-hydroxylation sites is 2. The molecular weight excluding hydrogens is 653 g/mol. The third-order valence-electron chi connectivity index (χ3n) is 7.84. The minimum Gasteiger partial charge on any atom is -0.483 e. The largest absolute Gasteiger partial charge is 0.483 e. The van der Waals surface area contributed by atoms with E-state index in [9.17, 15) is 24.9 Å². The second kappa shape index (κ2) is 16.0. The predicted molar refractivity (Wildman–Crippen MR) is 176 cm³/mol. The van der Waals surface area contributed by atoms with Crippen molar-refractivity contribution >= 4 is 46.1 Å². The number of hydrogen-bond acceptors (Lipinski definition) is 10. The third kappa shape index (κ3) is 8.94. The first-order valence-electron chi connectivity index (χ1n) is 15.5. The van der Waals surface area contributed by atoms with Gasteiger partial charge in [-0.05, 0) is 64.3 Å². The maximum absolute atomic E-state index is 13.3. The number of fused-ring (bicyclic) bond motifs is 1. The Labute approximate surface area is 283 Å². The molecule has 0 radical (unpaired) electrons. The van der Waals surface area contributed by atoms with Crippen molar-refractivity contribution in [2.75, 3.05) is 13.7 Å². The van der Waals surface area contributed by atoms with Crippen molar-refractivity contribution in [3.8, 4) is 5.75 Å². The Hall–Kier alpha value is -2.97. The zero-order chi connectivity index (χ0) is 34.5. The monoisotopic (exact) mass is 695 g/mol. The number of benzene rings is 2. The number of aliphatic hydroxyl groups excluding tert-OH is 3. The lowest BCUT2D eigenvalue weighted by Gasteiger charge is -2.41. The molecule has 1 saturated heterocycles. The Bertz CT molecular complexity index is 1560. The average Bonchev–Trinajstić information content (AvgIpc) is 3.37. The van der Waals surface area contributed by atoms with Crippen molar-refractivity contribution in [2.45, 2.75) is 103 Å². The van der Waals surface area contributed by atoms with E-state index in [0.717, 1.165) is 23.9 Å².